The van der Waals surface area contributed by atoms with Crippen LogP contribution in [-0.4, -0.2) is 20.2 Å². The molecule has 7 nitrogen and oxygen atoms in total. The first-order valence-corrected chi connectivity index (χ1v) is 9.55. The summed E-state index contributed by atoms with van der Waals surface area (Å²) < 4.78 is 15.0. The lowest BCUT2D eigenvalue weighted by atomic mass is 10.1. The minimum Gasteiger partial charge on any atom is -0.326 e. The van der Waals surface area contributed by atoms with Gasteiger partial charge >= 0.3 is 0 Å². The molecule has 2 aromatic carbocycles. The molecule has 0 saturated carbocycles. The van der Waals surface area contributed by atoms with Crippen LogP contribution in [0.25, 0.3) is 16.2 Å². The molecular formula is C20H15FN4O3S. The van der Waals surface area contributed by atoms with Crippen molar-refractivity contribution in [3.8, 4) is 11.3 Å². The van der Waals surface area contributed by atoms with Crippen LogP contribution in [0.4, 0.5) is 15.8 Å². The van der Waals surface area contributed by atoms with Crippen molar-refractivity contribution in [3.63, 3.8) is 0 Å². The number of hydrogen-bond donors (Lipinski definition) is 1. The number of nitro benzene ring substituents is 1. The normalized spacial score (nSPS) is 11.0. The third kappa shape index (κ3) is 3.85. The predicted molar refractivity (Wildman–Crippen MR) is 109 cm³/mol. The summed E-state index contributed by atoms with van der Waals surface area (Å²) in [6.45, 7) is 1.70. The van der Waals surface area contributed by atoms with E-state index in [1.807, 2.05) is 16.0 Å². The SMILES string of the molecule is Cc1cc([N+](=O)[O-])ccc1NC(=O)Cc1csc2nc(-c3ccc(F)cc3)cn12. The standard InChI is InChI=1S/C20H15FN4O3S/c1-12-8-15(25(27)28)6-7-17(12)22-19(26)9-16-11-29-20-23-18(10-24(16)20)13-2-4-14(21)5-3-13/h2-8,10-11H,9H2,1H3,(H,22,26). The zero-order valence-corrected chi connectivity index (χ0v) is 16.1. The maximum absolute atomic E-state index is 13.1. The van der Waals surface area contributed by atoms with Gasteiger partial charge in [0.1, 0.15) is 5.82 Å². The van der Waals surface area contributed by atoms with E-state index in [-0.39, 0.29) is 23.8 Å². The Labute approximate surface area is 168 Å². The molecule has 0 aliphatic rings. The number of imidazole rings is 1. The van der Waals surface area contributed by atoms with Gasteiger partial charge in [-0.3, -0.25) is 19.3 Å². The van der Waals surface area contributed by atoms with Gasteiger partial charge < -0.3 is 5.32 Å². The van der Waals surface area contributed by atoms with Gasteiger partial charge in [0.15, 0.2) is 4.96 Å². The van der Waals surface area contributed by atoms with E-state index in [1.54, 1.807) is 19.1 Å². The molecule has 2 aromatic heterocycles. The molecular weight excluding hydrogens is 395 g/mol. The fourth-order valence-corrected chi connectivity index (χ4v) is 3.85. The summed E-state index contributed by atoms with van der Waals surface area (Å²) in [5.41, 5.74) is 3.38. The molecule has 1 amide bonds. The van der Waals surface area contributed by atoms with Gasteiger partial charge in [-0.15, -0.1) is 11.3 Å². The van der Waals surface area contributed by atoms with Crippen molar-refractivity contribution in [2.24, 2.45) is 0 Å². The number of carbonyl (C=O) groups excluding carboxylic acids is 1. The van der Waals surface area contributed by atoms with E-state index < -0.39 is 4.92 Å². The van der Waals surface area contributed by atoms with Gasteiger partial charge in [-0.05, 0) is 42.8 Å². The number of nitrogens with zero attached hydrogens (tertiary/aromatic N) is 3. The molecule has 0 unspecified atom stereocenters. The number of nitro groups is 1. The van der Waals surface area contributed by atoms with Crippen LogP contribution in [0.15, 0.2) is 54.0 Å². The van der Waals surface area contributed by atoms with Crippen LogP contribution >= 0.6 is 11.3 Å². The summed E-state index contributed by atoms with van der Waals surface area (Å²) in [5, 5.41) is 15.5. The largest absolute Gasteiger partial charge is 0.326 e. The number of anilines is 1. The molecule has 0 atom stereocenters. The maximum Gasteiger partial charge on any atom is 0.269 e. The second-order valence-corrected chi connectivity index (χ2v) is 7.33. The quantitative estimate of drug-likeness (QED) is 0.385. The number of rotatable bonds is 5. The average Bonchev–Trinajstić information content (AvgIpc) is 3.26. The Morgan fingerprint density at radius 2 is 2.03 bits per heavy atom. The first kappa shape index (κ1) is 18.8. The van der Waals surface area contributed by atoms with Gasteiger partial charge in [-0.25, -0.2) is 9.37 Å². The van der Waals surface area contributed by atoms with Crippen molar-refractivity contribution >= 4 is 33.6 Å². The van der Waals surface area contributed by atoms with Crippen LogP contribution in [0, 0.1) is 22.9 Å². The fourth-order valence-electron chi connectivity index (χ4n) is 2.98. The van der Waals surface area contributed by atoms with Crippen molar-refractivity contribution in [2.45, 2.75) is 13.3 Å². The lowest BCUT2D eigenvalue weighted by Gasteiger charge is -2.08. The summed E-state index contributed by atoms with van der Waals surface area (Å²) in [6.07, 6.45) is 1.94. The predicted octanol–water partition coefficient (Wildman–Crippen LogP) is 4.60. The second kappa shape index (κ2) is 7.44. The average molecular weight is 410 g/mol. The number of fused-ring (bicyclic) bond motifs is 1. The Morgan fingerprint density at radius 1 is 1.28 bits per heavy atom. The van der Waals surface area contributed by atoms with E-state index in [0.29, 0.717) is 16.9 Å². The summed E-state index contributed by atoms with van der Waals surface area (Å²) >= 11 is 1.41. The van der Waals surface area contributed by atoms with Gasteiger partial charge in [-0.2, -0.15) is 0 Å². The summed E-state index contributed by atoms with van der Waals surface area (Å²) in [5.74, 6) is -0.549. The van der Waals surface area contributed by atoms with Gasteiger partial charge in [0.2, 0.25) is 5.91 Å². The lowest BCUT2D eigenvalue weighted by molar-refractivity contribution is -0.384. The molecule has 9 heteroatoms. The summed E-state index contributed by atoms with van der Waals surface area (Å²) in [4.78, 5) is 28.1. The van der Waals surface area contributed by atoms with Crippen molar-refractivity contribution in [1.82, 2.24) is 9.38 Å². The molecule has 4 aromatic rings. The monoisotopic (exact) mass is 410 g/mol. The molecule has 0 aliphatic heterocycles. The van der Waals surface area contributed by atoms with Crippen LogP contribution in [0.3, 0.4) is 0 Å². The molecule has 0 fully saturated rings. The number of halogens is 1. The van der Waals surface area contributed by atoms with E-state index in [0.717, 1.165) is 16.2 Å². The lowest BCUT2D eigenvalue weighted by Crippen LogP contribution is -2.16. The van der Waals surface area contributed by atoms with Gasteiger partial charge in [0.05, 0.1) is 17.0 Å². The Balaban J connectivity index is 1.52. The highest BCUT2D eigenvalue weighted by atomic mass is 32.1. The summed E-state index contributed by atoms with van der Waals surface area (Å²) in [6, 6.07) is 10.4. The van der Waals surface area contributed by atoms with E-state index in [2.05, 4.69) is 10.3 Å². The van der Waals surface area contributed by atoms with Crippen LogP contribution in [0.1, 0.15) is 11.3 Å². The fraction of sp³-hybridized carbons (Fsp3) is 0.100. The molecule has 146 valence electrons. The topological polar surface area (TPSA) is 89.5 Å². The van der Waals surface area contributed by atoms with Crippen molar-refractivity contribution in [2.75, 3.05) is 5.32 Å². The number of thiazole rings is 1. The number of amides is 1. The van der Waals surface area contributed by atoms with Crippen LogP contribution in [-0.2, 0) is 11.2 Å². The third-order valence-corrected chi connectivity index (χ3v) is 5.35. The highest BCUT2D eigenvalue weighted by molar-refractivity contribution is 7.15. The molecule has 1 N–H and O–H groups in total. The smallest absolute Gasteiger partial charge is 0.269 e. The number of non-ortho nitro benzene ring substituents is 1. The highest BCUT2D eigenvalue weighted by Gasteiger charge is 2.14. The van der Waals surface area contributed by atoms with Crippen molar-refractivity contribution in [1.29, 1.82) is 0 Å². The van der Waals surface area contributed by atoms with E-state index in [1.165, 1.54) is 41.7 Å². The second-order valence-electron chi connectivity index (χ2n) is 6.49. The Hall–Kier alpha value is -3.59. The number of carbonyl (C=O) groups is 1. The minimum atomic E-state index is -0.474. The van der Waals surface area contributed by atoms with Crippen LogP contribution < -0.4 is 5.32 Å². The molecule has 0 radical (unpaired) electrons. The summed E-state index contributed by atoms with van der Waals surface area (Å²) in [7, 11) is 0. The van der Waals surface area contributed by atoms with Crippen LogP contribution in [0.5, 0.6) is 0 Å². The Kier molecular flexibility index (Phi) is 4.81. The van der Waals surface area contributed by atoms with E-state index >= 15 is 0 Å². The zero-order chi connectivity index (χ0) is 20.5. The molecule has 0 saturated heterocycles. The van der Waals surface area contributed by atoms with Gasteiger partial charge in [0, 0.05) is 40.7 Å². The first-order chi connectivity index (χ1) is 13.9. The third-order valence-electron chi connectivity index (χ3n) is 4.46. The zero-order valence-electron chi connectivity index (χ0n) is 15.3. The van der Waals surface area contributed by atoms with E-state index in [4.69, 9.17) is 0 Å². The number of benzene rings is 2. The molecule has 4 rings (SSSR count). The number of hydrogen-bond acceptors (Lipinski definition) is 5. The van der Waals surface area contributed by atoms with Gasteiger partial charge in [0.25, 0.3) is 5.69 Å². The van der Waals surface area contributed by atoms with Crippen LogP contribution in [0.2, 0.25) is 0 Å². The van der Waals surface area contributed by atoms with Crippen molar-refractivity contribution < 1.29 is 14.1 Å². The maximum atomic E-state index is 13.1. The molecule has 29 heavy (non-hydrogen) atoms. The molecule has 2 heterocycles. The first-order valence-electron chi connectivity index (χ1n) is 8.67. The molecule has 0 spiro atoms. The number of aryl methyl sites for hydroxylation is 1. The van der Waals surface area contributed by atoms with Gasteiger partial charge in [-0.1, -0.05) is 0 Å². The Bertz CT molecular complexity index is 1230. The highest BCUT2D eigenvalue weighted by Crippen LogP contribution is 2.25. The number of aromatic nitrogens is 2. The molecule has 0 aliphatic carbocycles. The minimum absolute atomic E-state index is 0.0215. The van der Waals surface area contributed by atoms with E-state index in [9.17, 15) is 19.3 Å². The van der Waals surface area contributed by atoms with Crippen molar-refractivity contribution in [3.05, 3.63) is 81.2 Å². The molecule has 0 bridgehead atoms. The number of nitrogens with one attached hydrogen (secondary N) is 1. The Morgan fingerprint density at radius 3 is 2.72 bits per heavy atom.